The van der Waals surface area contributed by atoms with Crippen LogP contribution in [0.25, 0.3) is 0 Å². The van der Waals surface area contributed by atoms with Gasteiger partial charge in [-0.15, -0.1) is 0 Å². The molecular weight excluding hydrogens is 219 g/mol. The molecule has 0 aromatic carbocycles. The van der Waals surface area contributed by atoms with E-state index >= 15 is 0 Å². The minimum atomic E-state index is -0.243. The second-order valence-electron chi connectivity index (χ2n) is 6.37. The predicted molar refractivity (Wildman–Crippen MR) is 68.2 cm³/mol. The average Bonchev–Trinajstić information content (AvgIpc) is 2.53. The van der Waals surface area contributed by atoms with Crippen molar-refractivity contribution in [1.82, 2.24) is 9.78 Å². The van der Waals surface area contributed by atoms with E-state index in [2.05, 4.69) is 39.7 Å². The molecule has 4 heteroatoms. The maximum absolute atomic E-state index is 5.92. The number of hydrogen-bond acceptors (Lipinski definition) is 2. The second-order valence-corrected chi connectivity index (χ2v) is 8.84. The van der Waals surface area contributed by atoms with Crippen LogP contribution in [-0.2, 0) is 6.54 Å². The third-order valence-electron chi connectivity index (χ3n) is 2.56. The molecule has 1 aliphatic heterocycles. The Bertz CT molecular complexity index is 379. The molecule has 0 spiro atoms. The zero-order valence-electron chi connectivity index (χ0n) is 10.8. The topological polar surface area (TPSA) is 27.1 Å². The van der Waals surface area contributed by atoms with Crippen molar-refractivity contribution < 1.29 is 4.52 Å². The highest BCUT2D eigenvalue weighted by Crippen LogP contribution is 2.67. The quantitative estimate of drug-likeness (QED) is 0.756. The highest BCUT2D eigenvalue weighted by atomic mass is 31.2. The highest BCUT2D eigenvalue weighted by Gasteiger charge is 2.49. The molecule has 0 radical (unpaired) electrons. The summed E-state index contributed by atoms with van der Waals surface area (Å²) in [5.74, 6) is 0.931. The fraction of sp³-hybridized carbons (Fsp3) is 0.750. The number of hydrogen-bond donors (Lipinski definition) is 0. The van der Waals surface area contributed by atoms with Gasteiger partial charge in [-0.2, -0.15) is 5.10 Å². The van der Waals surface area contributed by atoms with Crippen LogP contribution in [-0.4, -0.2) is 21.1 Å². The maximum atomic E-state index is 5.92. The maximum Gasteiger partial charge on any atom is 0.161 e. The summed E-state index contributed by atoms with van der Waals surface area (Å²) in [4.78, 5) is 0. The van der Waals surface area contributed by atoms with E-state index in [4.69, 9.17) is 4.52 Å². The van der Waals surface area contributed by atoms with E-state index in [9.17, 15) is 0 Å². The Hall–Kier alpha value is -0.560. The van der Waals surface area contributed by atoms with Gasteiger partial charge in [-0.05, 0) is 5.41 Å². The molecular formula is C12H21N2OP. The van der Waals surface area contributed by atoms with Crippen LogP contribution in [0.3, 0.4) is 0 Å². The Morgan fingerprint density at radius 2 is 2.12 bits per heavy atom. The molecule has 0 amide bonds. The summed E-state index contributed by atoms with van der Waals surface area (Å²) in [6.07, 6.45) is 5.07. The lowest BCUT2D eigenvalue weighted by atomic mass is 9.97. The standard InChI is InChI=1S/C12H21N2OP/c1-11(2,3)8-14-7-10(6-13-14)15-16-9-12(16,4)5/h6-7H,8-9H2,1-5H3. The summed E-state index contributed by atoms with van der Waals surface area (Å²) in [5, 5.41) is 4.75. The van der Waals surface area contributed by atoms with Gasteiger partial charge >= 0.3 is 0 Å². The highest BCUT2D eigenvalue weighted by molar-refractivity contribution is 7.63. The van der Waals surface area contributed by atoms with Gasteiger partial charge in [0.2, 0.25) is 0 Å². The van der Waals surface area contributed by atoms with Gasteiger partial charge in [-0.25, -0.2) is 0 Å². The van der Waals surface area contributed by atoms with Crippen LogP contribution in [0.4, 0.5) is 0 Å². The first-order valence-electron chi connectivity index (χ1n) is 5.74. The van der Waals surface area contributed by atoms with Crippen molar-refractivity contribution in [2.45, 2.75) is 46.3 Å². The van der Waals surface area contributed by atoms with Crippen molar-refractivity contribution in [3.8, 4) is 5.75 Å². The van der Waals surface area contributed by atoms with Crippen LogP contribution >= 0.6 is 8.15 Å². The fourth-order valence-electron chi connectivity index (χ4n) is 1.56. The van der Waals surface area contributed by atoms with E-state index < -0.39 is 0 Å². The molecule has 0 bridgehead atoms. The third kappa shape index (κ3) is 2.98. The minimum absolute atomic E-state index is 0.243. The van der Waals surface area contributed by atoms with Crippen molar-refractivity contribution in [3.05, 3.63) is 12.4 Å². The van der Waals surface area contributed by atoms with Gasteiger partial charge in [0, 0.05) is 17.9 Å². The summed E-state index contributed by atoms with van der Waals surface area (Å²) in [6.45, 7) is 12.1. The fourth-order valence-corrected chi connectivity index (χ4v) is 3.03. The molecule has 1 aromatic heterocycles. The van der Waals surface area contributed by atoms with Gasteiger partial charge in [-0.3, -0.25) is 4.68 Å². The van der Waals surface area contributed by atoms with Crippen LogP contribution in [0.15, 0.2) is 12.4 Å². The van der Waals surface area contributed by atoms with Gasteiger partial charge in [0.1, 0.15) is 0 Å². The van der Waals surface area contributed by atoms with Gasteiger partial charge in [0.25, 0.3) is 0 Å². The first-order valence-corrected chi connectivity index (χ1v) is 7.19. The molecule has 2 heterocycles. The Labute approximate surface area is 99.0 Å². The number of aromatic nitrogens is 2. The van der Waals surface area contributed by atoms with E-state index in [1.54, 1.807) is 0 Å². The molecule has 3 nitrogen and oxygen atoms in total. The zero-order valence-corrected chi connectivity index (χ0v) is 11.7. The van der Waals surface area contributed by atoms with E-state index in [-0.39, 0.29) is 13.6 Å². The first-order chi connectivity index (χ1) is 7.26. The minimum Gasteiger partial charge on any atom is -0.470 e. The van der Waals surface area contributed by atoms with E-state index in [1.807, 2.05) is 17.1 Å². The second kappa shape index (κ2) is 3.73. The van der Waals surface area contributed by atoms with Crippen molar-refractivity contribution in [2.75, 3.05) is 6.16 Å². The summed E-state index contributed by atoms with van der Waals surface area (Å²) in [6, 6.07) is 0. The zero-order chi connectivity index (χ0) is 12.0. The lowest BCUT2D eigenvalue weighted by molar-refractivity contribution is 0.325. The summed E-state index contributed by atoms with van der Waals surface area (Å²) in [7, 11) is -0.243. The van der Waals surface area contributed by atoms with Crippen molar-refractivity contribution in [2.24, 2.45) is 5.41 Å². The monoisotopic (exact) mass is 240 g/mol. The number of nitrogens with zero attached hydrogens (tertiary/aromatic N) is 2. The molecule has 0 N–H and O–H groups in total. The van der Waals surface area contributed by atoms with Crippen LogP contribution in [0.2, 0.25) is 0 Å². The lowest BCUT2D eigenvalue weighted by Gasteiger charge is -2.17. The summed E-state index contributed by atoms with van der Waals surface area (Å²) < 4.78 is 7.89. The van der Waals surface area contributed by atoms with Crippen molar-refractivity contribution in [3.63, 3.8) is 0 Å². The summed E-state index contributed by atoms with van der Waals surface area (Å²) >= 11 is 0. The molecule has 1 atom stereocenters. The molecule has 16 heavy (non-hydrogen) atoms. The van der Waals surface area contributed by atoms with Crippen LogP contribution in [0.5, 0.6) is 5.75 Å². The van der Waals surface area contributed by atoms with E-state index in [0.717, 1.165) is 12.3 Å². The van der Waals surface area contributed by atoms with Gasteiger partial charge in [0.05, 0.1) is 20.5 Å². The molecule has 0 saturated carbocycles. The normalized spacial score (nSPS) is 23.2. The van der Waals surface area contributed by atoms with E-state index in [0.29, 0.717) is 5.16 Å². The predicted octanol–water partition coefficient (Wildman–Crippen LogP) is 3.50. The molecule has 90 valence electrons. The third-order valence-corrected chi connectivity index (χ3v) is 5.20. The van der Waals surface area contributed by atoms with Gasteiger partial charge in [0.15, 0.2) is 5.75 Å². The first kappa shape index (κ1) is 11.9. The average molecular weight is 240 g/mol. The largest absolute Gasteiger partial charge is 0.470 e. The Morgan fingerprint density at radius 1 is 1.50 bits per heavy atom. The van der Waals surface area contributed by atoms with Crippen molar-refractivity contribution in [1.29, 1.82) is 0 Å². The van der Waals surface area contributed by atoms with Gasteiger partial charge < -0.3 is 4.52 Å². The molecule has 1 aromatic rings. The van der Waals surface area contributed by atoms with E-state index in [1.165, 1.54) is 6.16 Å². The molecule has 1 unspecified atom stereocenters. The Balaban J connectivity index is 1.93. The Kier molecular flexibility index (Phi) is 2.78. The molecule has 1 fully saturated rings. The molecule has 2 rings (SSSR count). The van der Waals surface area contributed by atoms with Crippen LogP contribution < -0.4 is 4.52 Å². The molecule has 1 saturated heterocycles. The summed E-state index contributed by atoms with van der Waals surface area (Å²) in [5.41, 5.74) is 0.257. The smallest absolute Gasteiger partial charge is 0.161 e. The molecule has 1 aliphatic rings. The lowest BCUT2D eigenvalue weighted by Crippen LogP contribution is -2.15. The van der Waals surface area contributed by atoms with Crippen LogP contribution in [0.1, 0.15) is 34.6 Å². The SMILES string of the molecule is CC(C)(C)Cn1cc(OP2CC2(C)C)cn1. The Morgan fingerprint density at radius 3 is 2.62 bits per heavy atom. The van der Waals surface area contributed by atoms with Crippen molar-refractivity contribution >= 4 is 8.15 Å². The van der Waals surface area contributed by atoms with Gasteiger partial charge in [-0.1, -0.05) is 34.6 Å². The number of rotatable bonds is 3. The molecule has 0 aliphatic carbocycles. The van der Waals surface area contributed by atoms with Crippen LogP contribution in [0, 0.1) is 5.41 Å².